The number of amides is 1. The highest BCUT2D eigenvalue weighted by molar-refractivity contribution is 7.12. The lowest BCUT2D eigenvalue weighted by atomic mass is 10.1. The summed E-state index contributed by atoms with van der Waals surface area (Å²) in [5, 5.41) is 4.39. The zero-order chi connectivity index (χ0) is 16.1. The number of nitrogens with one attached hydrogen (secondary N) is 1. The van der Waals surface area contributed by atoms with Gasteiger partial charge in [-0.25, -0.2) is 4.79 Å². The highest BCUT2D eigenvalue weighted by atomic mass is 32.1. The van der Waals surface area contributed by atoms with Crippen LogP contribution in [0.25, 0.3) is 0 Å². The van der Waals surface area contributed by atoms with Gasteiger partial charge in [0, 0.05) is 11.3 Å². The molecule has 1 amide bonds. The van der Waals surface area contributed by atoms with Crippen LogP contribution in [-0.2, 0) is 9.53 Å². The minimum Gasteiger partial charge on any atom is -0.451 e. The van der Waals surface area contributed by atoms with Crippen LogP contribution in [0.3, 0.4) is 0 Å². The Morgan fingerprint density at radius 1 is 1.14 bits per heavy atom. The van der Waals surface area contributed by atoms with E-state index in [-0.39, 0.29) is 12.4 Å². The zero-order valence-corrected chi connectivity index (χ0v) is 13.0. The van der Waals surface area contributed by atoms with E-state index in [0.717, 1.165) is 5.56 Å². The molecule has 114 valence electrons. The summed E-state index contributed by atoms with van der Waals surface area (Å²) in [4.78, 5) is 35.2. The topological polar surface area (TPSA) is 72.5 Å². The third-order valence-corrected chi connectivity index (χ3v) is 3.95. The van der Waals surface area contributed by atoms with Crippen molar-refractivity contribution in [2.24, 2.45) is 0 Å². The third kappa shape index (κ3) is 4.02. The van der Waals surface area contributed by atoms with E-state index >= 15 is 0 Å². The first-order valence-electron chi connectivity index (χ1n) is 6.59. The number of hydrogen-bond donors (Lipinski definition) is 1. The van der Waals surface area contributed by atoms with Gasteiger partial charge in [-0.3, -0.25) is 9.59 Å². The van der Waals surface area contributed by atoms with Gasteiger partial charge in [-0.15, -0.1) is 11.3 Å². The maximum atomic E-state index is 11.8. The van der Waals surface area contributed by atoms with Crippen LogP contribution < -0.4 is 5.32 Å². The van der Waals surface area contributed by atoms with Crippen molar-refractivity contribution in [3.8, 4) is 0 Å². The van der Waals surface area contributed by atoms with Crippen molar-refractivity contribution in [1.82, 2.24) is 0 Å². The standard InChI is InChI=1S/C16H15NO4S/c1-10-7-8-22-15(10)16(20)21-9-14(19)17-13-5-3-12(4-6-13)11(2)18/h3-8H,9H2,1-2H3,(H,17,19). The number of esters is 1. The number of thiophene rings is 1. The van der Waals surface area contributed by atoms with E-state index in [1.807, 2.05) is 13.0 Å². The van der Waals surface area contributed by atoms with E-state index in [9.17, 15) is 14.4 Å². The smallest absolute Gasteiger partial charge is 0.349 e. The average molecular weight is 317 g/mol. The lowest BCUT2D eigenvalue weighted by Crippen LogP contribution is -2.20. The van der Waals surface area contributed by atoms with Crippen molar-refractivity contribution in [1.29, 1.82) is 0 Å². The minimum atomic E-state index is -0.505. The van der Waals surface area contributed by atoms with Crippen molar-refractivity contribution in [3.05, 3.63) is 51.7 Å². The normalized spacial score (nSPS) is 10.1. The second-order valence-electron chi connectivity index (χ2n) is 4.69. The number of anilines is 1. The fraction of sp³-hybridized carbons (Fsp3) is 0.188. The van der Waals surface area contributed by atoms with Crippen LogP contribution in [-0.4, -0.2) is 24.3 Å². The summed E-state index contributed by atoms with van der Waals surface area (Å²) in [5.41, 5.74) is 1.94. The van der Waals surface area contributed by atoms with E-state index in [1.54, 1.807) is 29.6 Å². The van der Waals surface area contributed by atoms with Gasteiger partial charge in [0.2, 0.25) is 0 Å². The van der Waals surface area contributed by atoms with Crippen LogP contribution in [0.15, 0.2) is 35.7 Å². The SMILES string of the molecule is CC(=O)c1ccc(NC(=O)COC(=O)c2sccc2C)cc1. The summed E-state index contributed by atoms with van der Waals surface area (Å²) in [5.74, 6) is -0.981. The summed E-state index contributed by atoms with van der Waals surface area (Å²) in [7, 11) is 0. The van der Waals surface area contributed by atoms with Crippen LogP contribution in [0, 0.1) is 6.92 Å². The molecule has 22 heavy (non-hydrogen) atoms. The van der Waals surface area contributed by atoms with Crippen molar-refractivity contribution in [2.45, 2.75) is 13.8 Å². The lowest BCUT2D eigenvalue weighted by molar-refractivity contribution is -0.119. The molecule has 0 aliphatic carbocycles. The van der Waals surface area contributed by atoms with Gasteiger partial charge in [-0.05, 0) is 55.1 Å². The number of carbonyl (C=O) groups excluding carboxylic acids is 3. The summed E-state index contributed by atoms with van der Waals surface area (Å²) < 4.78 is 4.97. The molecule has 0 saturated heterocycles. The molecule has 0 atom stereocenters. The van der Waals surface area contributed by atoms with Crippen LogP contribution >= 0.6 is 11.3 Å². The van der Waals surface area contributed by atoms with Crippen LogP contribution in [0.2, 0.25) is 0 Å². The Balaban J connectivity index is 1.86. The van der Waals surface area contributed by atoms with E-state index in [0.29, 0.717) is 16.1 Å². The van der Waals surface area contributed by atoms with Crippen LogP contribution in [0.4, 0.5) is 5.69 Å². The molecule has 0 unspecified atom stereocenters. The Hall–Kier alpha value is -2.47. The predicted molar refractivity (Wildman–Crippen MR) is 84.4 cm³/mol. The molecule has 0 spiro atoms. The maximum absolute atomic E-state index is 11.8. The Labute approximate surface area is 131 Å². The van der Waals surface area contributed by atoms with Gasteiger partial charge < -0.3 is 10.1 Å². The number of benzene rings is 1. The Kier molecular flexibility index (Phi) is 5.06. The van der Waals surface area contributed by atoms with E-state index < -0.39 is 11.9 Å². The quantitative estimate of drug-likeness (QED) is 0.679. The summed E-state index contributed by atoms with van der Waals surface area (Å²) in [6.45, 7) is 2.92. The maximum Gasteiger partial charge on any atom is 0.349 e. The van der Waals surface area contributed by atoms with Gasteiger partial charge in [-0.2, -0.15) is 0 Å². The molecule has 0 fully saturated rings. The number of aryl methyl sites for hydroxylation is 1. The van der Waals surface area contributed by atoms with Crippen LogP contribution in [0.1, 0.15) is 32.5 Å². The predicted octanol–water partition coefficient (Wildman–Crippen LogP) is 3.05. The average Bonchev–Trinajstić information content (AvgIpc) is 2.91. The van der Waals surface area contributed by atoms with Crippen molar-refractivity contribution < 1.29 is 19.1 Å². The second kappa shape index (κ2) is 7.00. The molecular formula is C16H15NO4S. The molecular weight excluding hydrogens is 302 g/mol. The van der Waals surface area contributed by atoms with E-state index in [2.05, 4.69) is 5.32 Å². The van der Waals surface area contributed by atoms with Gasteiger partial charge in [0.1, 0.15) is 4.88 Å². The minimum absolute atomic E-state index is 0.0434. The monoisotopic (exact) mass is 317 g/mol. The molecule has 1 heterocycles. The van der Waals surface area contributed by atoms with Gasteiger partial charge >= 0.3 is 5.97 Å². The number of ketones is 1. The Morgan fingerprint density at radius 2 is 1.82 bits per heavy atom. The molecule has 1 N–H and O–H groups in total. The van der Waals surface area contributed by atoms with Crippen LogP contribution in [0.5, 0.6) is 0 Å². The number of Topliss-reactive ketones (excluding diaryl/α,β-unsaturated/α-hetero) is 1. The summed E-state index contributed by atoms with van der Waals surface area (Å²) in [6, 6.07) is 8.32. The van der Waals surface area contributed by atoms with Gasteiger partial charge in [0.05, 0.1) is 0 Å². The molecule has 2 rings (SSSR count). The number of hydrogen-bond acceptors (Lipinski definition) is 5. The molecule has 2 aromatic rings. The molecule has 1 aromatic heterocycles. The van der Waals surface area contributed by atoms with Gasteiger partial charge in [0.25, 0.3) is 5.91 Å². The van der Waals surface area contributed by atoms with Crippen molar-refractivity contribution in [2.75, 3.05) is 11.9 Å². The Morgan fingerprint density at radius 3 is 2.36 bits per heavy atom. The lowest BCUT2D eigenvalue weighted by Gasteiger charge is -2.07. The van der Waals surface area contributed by atoms with Gasteiger partial charge in [-0.1, -0.05) is 0 Å². The number of carbonyl (C=O) groups is 3. The summed E-state index contributed by atoms with van der Waals surface area (Å²) >= 11 is 1.28. The first-order chi connectivity index (χ1) is 10.5. The molecule has 0 radical (unpaired) electrons. The molecule has 0 saturated carbocycles. The Bertz CT molecular complexity index is 703. The highest BCUT2D eigenvalue weighted by Gasteiger charge is 2.14. The molecule has 6 heteroatoms. The van der Waals surface area contributed by atoms with Gasteiger partial charge in [0.15, 0.2) is 12.4 Å². The first-order valence-corrected chi connectivity index (χ1v) is 7.47. The van der Waals surface area contributed by atoms with Crippen molar-refractivity contribution >= 4 is 34.7 Å². The van der Waals surface area contributed by atoms with E-state index in [4.69, 9.17) is 4.74 Å². The third-order valence-electron chi connectivity index (χ3n) is 2.96. The largest absolute Gasteiger partial charge is 0.451 e. The van der Waals surface area contributed by atoms with E-state index in [1.165, 1.54) is 18.3 Å². The first kappa shape index (κ1) is 15.9. The molecule has 0 aliphatic heterocycles. The zero-order valence-electron chi connectivity index (χ0n) is 12.2. The summed E-state index contributed by atoms with van der Waals surface area (Å²) in [6.07, 6.45) is 0. The fourth-order valence-corrected chi connectivity index (χ4v) is 2.58. The second-order valence-corrected chi connectivity index (χ2v) is 5.61. The fourth-order valence-electron chi connectivity index (χ4n) is 1.76. The van der Waals surface area contributed by atoms with Crippen molar-refractivity contribution in [3.63, 3.8) is 0 Å². The molecule has 5 nitrogen and oxygen atoms in total. The molecule has 1 aromatic carbocycles. The number of rotatable bonds is 5. The highest BCUT2D eigenvalue weighted by Crippen LogP contribution is 2.16. The number of ether oxygens (including phenoxy) is 1. The molecule has 0 aliphatic rings. The molecule has 0 bridgehead atoms.